The van der Waals surface area contributed by atoms with Gasteiger partial charge in [0.15, 0.2) is 0 Å². The zero-order valence-electron chi connectivity index (χ0n) is 14.8. The van der Waals surface area contributed by atoms with Crippen LogP contribution in [0.15, 0.2) is 24.7 Å². The van der Waals surface area contributed by atoms with Crippen molar-refractivity contribution in [2.24, 2.45) is 0 Å². The maximum atomic E-state index is 12.6. The normalized spacial score (nSPS) is 20.9. The quantitative estimate of drug-likeness (QED) is 0.856. The molecule has 1 aliphatic carbocycles. The Morgan fingerprint density at radius 2 is 1.96 bits per heavy atom. The van der Waals surface area contributed by atoms with Crippen LogP contribution in [0, 0.1) is 0 Å². The predicted molar refractivity (Wildman–Crippen MR) is 93.0 cm³/mol. The third-order valence-corrected chi connectivity index (χ3v) is 5.73. The lowest BCUT2D eigenvalue weighted by molar-refractivity contribution is -0.135. The summed E-state index contributed by atoms with van der Waals surface area (Å²) < 4.78 is 3.76. The molecule has 2 aliphatic rings. The topological polar surface area (TPSA) is 68.8 Å². The van der Waals surface area contributed by atoms with Crippen molar-refractivity contribution in [1.29, 1.82) is 0 Å². The summed E-state index contributed by atoms with van der Waals surface area (Å²) in [4.78, 5) is 14.6. The van der Waals surface area contributed by atoms with Gasteiger partial charge in [0.2, 0.25) is 5.91 Å². The van der Waals surface area contributed by atoms with Crippen LogP contribution in [0.2, 0.25) is 0 Å². The molecule has 0 spiro atoms. The first-order valence-electron chi connectivity index (χ1n) is 9.42. The summed E-state index contributed by atoms with van der Waals surface area (Å²) in [6, 6.07) is 1.96. The molecular weight excluding hydrogens is 316 g/mol. The van der Waals surface area contributed by atoms with Gasteiger partial charge in [-0.25, -0.2) is 4.68 Å². The highest BCUT2D eigenvalue weighted by Gasteiger charge is 2.29. The summed E-state index contributed by atoms with van der Waals surface area (Å²) in [6.45, 7) is 3.45. The Bertz CT molecular complexity index is 695. The van der Waals surface area contributed by atoms with Gasteiger partial charge in [-0.15, -0.1) is 5.10 Å². The van der Waals surface area contributed by atoms with Gasteiger partial charge in [0.05, 0.1) is 11.7 Å². The number of hydrogen-bond donors (Lipinski definition) is 0. The minimum atomic E-state index is -0.244. The van der Waals surface area contributed by atoms with E-state index in [1.807, 2.05) is 28.8 Å². The second-order valence-electron chi connectivity index (χ2n) is 7.32. The van der Waals surface area contributed by atoms with Crippen LogP contribution in [0.4, 0.5) is 0 Å². The zero-order chi connectivity index (χ0) is 17.2. The minimum absolute atomic E-state index is 0.146. The minimum Gasteiger partial charge on any atom is -0.341 e. The zero-order valence-corrected chi connectivity index (χ0v) is 14.8. The predicted octanol–water partition coefficient (Wildman–Crippen LogP) is 2.56. The number of piperidine rings is 1. The van der Waals surface area contributed by atoms with Crippen molar-refractivity contribution in [3.8, 4) is 0 Å². The Labute approximate surface area is 148 Å². The van der Waals surface area contributed by atoms with Gasteiger partial charge in [-0.1, -0.05) is 18.1 Å². The van der Waals surface area contributed by atoms with Crippen LogP contribution in [0.25, 0.3) is 0 Å². The summed E-state index contributed by atoms with van der Waals surface area (Å²) in [5.74, 6) is 0.748. The average molecular weight is 342 g/mol. The second kappa shape index (κ2) is 6.98. The summed E-state index contributed by atoms with van der Waals surface area (Å²) >= 11 is 0. The van der Waals surface area contributed by atoms with Gasteiger partial charge in [-0.05, 0) is 38.7 Å². The molecule has 1 aliphatic heterocycles. The Morgan fingerprint density at radius 3 is 2.64 bits per heavy atom. The molecule has 4 rings (SSSR count). The lowest BCUT2D eigenvalue weighted by Crippen LogP contribution is -2.42. The van der Waals surface area contributed by atoms with E-state index in [4.69, 9.17) is 0 Å². The first-order chi connectivity index (χ1) is 12.2. The Kier molecular flexibility index (Phi) is 4.55. The number of nitrogens with zero attached hydrogens (tertiary/aromatic N) is 6. The van der Waals surface area contributed by atoms with Gasteiger partial charge in [0, 0.05) is 37.6 Å². The third-order valence-electron chi connectivity index (χ3n) is 5.73. The number of aromatic nitrogens is 5. The fraction of sp³-hybridized carbons (Fsp3) is 0.667. The highest BCUT2D eigenvalue weighted by Crippen LogP contribution is 2.33. The van der Waals surface area contributed by atoms with Gasteiger partial charge < -0.3 is 4.90 Å². The molecule has 1 atom stereocenters. The molecule has 7 heteroatoms. The maximum absolute atomic E-state index is 12.6. The monoisotopic (exact) mass is 342 g/mol. The number of likely N-dealkylation sites (tertiary alicyclic amines) is 1. The van der Waals surface area contributed by atoms with Crippen LogP contribution >= 0.6 is 0 Å². The first-order valence-corrected chi connectivity index (χ1v) is 9.42. The third kappa shape index (κ3) is 3.32. The smallest absolute Gasteiger partial charge is 0.247 e. The van der Waals surface area contributed by atoms with E-state index in [0.29, 0.717) is 12.0 Å². The molecule has 0 bridgehead atoms. The van der Waals surface area contributed by atoms with E-state index >= 15 is 0 Å². The molecule has 0 unspecified atom stereocenters. The van der Waals surface area contributed by atoms with Crippen LogP contribution in [0.5, 0.6) is 0 Å². The number of hydrogen-bond acceptors (Lipinski definition) is 4. The van der Waals surface area contributed by atoms with E-state index < -0.39 is 0 Å². The second-order valence-corrected chi connectivity index (χ2v) is 7.32. The number of amides is 1. The molecular formula is C18H26N6O. The van der Waals surface area contributed by atoms with Crippen molar-refractivity contribution < 1.29 is 4.79 Å². The Morgan fingerprint density at radius 1 is 1.20 bits per heavy atom. The summed E-state index contributed by atoms with van der Waals surface area (Å²) in [5, 5.41) is 13.0. The van der Waals surface area contributed by atoms with Gasteiger partial charge in [0.1, 0.15) is 6.04 Å². The highest BCUT2D eigenvalue weighted by molar-refractivity contribution is 5.80. The van der Waals surface area contributed by atoms with Crippen LogP contribution in [-0.2, 0) is 4.79 Å². The van der Waals surface area contributed by atoms with Crippen molar-refractivity contribution in [2.75, 3.05) is 13.1 Å². The van der Waals surface area contributed by atoms with E-state index in [1.165, 1.54) is 25.7 Å². The highest BCUT2D eigenvalue weighted by atomic mass is 16.2. The molecule has 7 nitrogen and oxygen atoms in total. The van der Waals surface area contributed by atoms with Crippen molar-refractivity contribution in [3.05, 3.63) is 30.4 Å². The van der Waals surface area contributed by atoms with Crippen molar-refractivity contribution in [2.45, 2.75) is 63.5 Å². The van der Waals surface area contributed by atoms with E-state index in [1.54, 1.807) is 10.9 Å². The van der Waals surface area contributed by atoms with Crippen molar-refractivity contribution in [3.63, 3.8) is 0 Å². The molecule has 1 saturated carbocycles. The lowest BCUT2D eigenvalue weighted by Gasteiger charge is -2.33. The summed E-state index contributed by atoms with van der Waals surface area (Å²) in [5.41, 5.74) is 1.16. The average Bonchev–Trinajstić information content (AvgIpc) is 3.42. The number of carbonyl (C=O) groups excluding carboxylic acids is 1. The molecule has 3 heterocycles. The van der Waals surface area contributed by atoms with Crippen LogP contribution in [0.3, 0.4) is 0 Å². The summed E-state index contributed by atoms with van der Waals surface area (Å²) in [6.07, 6.45) is 12.7. The van der Waals surface area contributed by atoms with E-state index in [9.17, 15) is 4.79 Å². The van der Waals surface area contributed by atoms with E-state index in [0.717, 1.165) is 31.6 Å². The lowest BCUT2D eigenvalue weighted by atomic mass is 10.0. The summed E-state index contributed by atoms with van der Waals surface area (Å²) in [7, 11) is 0. The fourth-order valence-electron chi connectivity index (χ4n) is 4.12. The molecule has 2 aromatic rings. The number of rotatable bonds is 4. The maximum Gasteiger partial charge on any atom is 0.247 e. The fourth-order valence-corrected chi connectivity index (χ4v) is 4.12. The van der Waals surface area contributed by atoms with Crippen LogP contribution < -0.4 is 0 Å². The van der Waals surface area contributed by atoms with E-state index in [2.05, 4.69) is 21.6 Å². The van der Waals surface area contributed by atoms with Crippen LogP contribution in [0.1, 0.15) is 69.1 Å². The van der Waals surface area contributed by atoms with Crippen molar-refractivity contribution >= 4 is 5.91 Å². The largest absolute Gasteiger partial charge is 0.341 e. The Balaban J connectivity index is 1.34. The molecule has 0 aromatic carbocycles. The van der Waals surface area contributed by atoms with Crippen LogP contribution in [-0.4, -0.2) is 48.7 Å². The molecule has 134 valence electrons. The van der Waals surface area contributed by atoms with Gasteiger partial charge in [-0.2, -0.15) is 5.10 Å². The SMILES string of the molecule is C[C@H](C(=O)N1CCC(n2cc(C3CCCC3)nn2)CC1)n1cccn1. The first kappa shape index (κ1) is 16.3. The van der Waals surface area contributed by atoms with Gasteiger partial charge >= 0.3 is 0 Å². The number of carbonyl (C=O) groups is 1. The van der Waals surface area contributed by atoms with Gasteiger partial charge in [0.25, 0.3) is 0 Å². The molecule has 0 N–H and O–H groups in total. The molecule has 2 fully saturated rings. The standard InChI is InChI=1S/C18H26N6O/c1-14(23-10-4-9-19-23)18(25)22-11-7-16(8-12-22)24-13-17(20-21-24)15-5-2-3-6-15/h4,9-10,13-16H,2-3,5-8,11-12H2,1H3/t14-/m1/s1. The van der Waals surface area contributed by atoms with Crippen molar-refractivity contribution in [1.82, 2.24) is 29.7 Å². The van der Waals surface area contributed by atoms with E-state index in [-0.39, 0.29) is 11.9 Å². The molecule has 25 heavy (non-hydrogen) atoms. The molecule has 0 radical (unpaired) electrons. The molecule has 1 saturated heterocycles. The molecule has 1 amide bonds. The Hall–Kier alpha value is -2.18. The van der Waals surface area contributed by atoms with Gasteiger partial charge in [-0.3, -0.25) is 9.48 Å². The molecule has 2 aromatic heterocycles.